The summed E-state index contributed by atoms with van der Waals surface area (Å²) in [5.74, 6) is -5.95. The van der Waals surface area contributed by atoms with Crippen LogP contribution in [-0.2, 0) is 4.79 Å². The second-order valence-corrected chi connectivity index (χ2v) is 4.64. The summed E-state index contributed by atoms with van der Waals surface area (Å²) >= 11 is 0. The zero-order valence-electron chi connectivity index (χ0n) is 11.9. The molecule has 0 saturated carbocycles. The first-order valence-corrected chi connectivity index (χ1v) is 6.46. The summed E-state index contributed by atoms with van der Waals surface area (Å²) in [6.07, 6.45) is 0. The molecule has 0 heterocycles. The fraction of sp³-hybridized carbons (Fsp3) is 0.0588. The molecule has 0 bridgehead atoms. The molecule has 2 aromatic rings. The van der Waals surface area contributed by atoms with E-state index in [1.807, 2.05) is 0 Å². The van der Waals surface area contributed by atoms with E-state index in [1.54, 1.807) is 25.1 Å². The van der Waals surface area contributed by atoms with Gasteiger partial charge >= 0.3 is 5.97 Å². The van der Waals surface area contributed by atoms with Gasteiger partial charge in [0.1, 0.15) is 17.6 Å². The number of ether oxygens (including phenoxy) is 1. The third-order valence-electron chi connectivity index (χ3n) is 2.95. The van der Waals surface area contributed by atoms with Gasteiger partial charge in [-0.25, -0.2) is 13.6 Å². The van der Waals surface area contributed by atoms with Crippen LogP contribution in [0.1, 0.15) is 16.7 Å². The first kappa shape index (κ1) is 16.3. The van der Waals surface area contributed by atoms with Gasteiger partial charge in [-0.1, -0.05) is 29.8 Å². The number of nitrogens with zero attached hydrogens (tertiary/aromatic N) is 1. The Morgan fingerprint density at radius 2 is 1.78 bits per heavy atom. The molecule has 0 N–H and O–H groups in total. The fourth-order valence-corrected chi connectivity index (χ4v) is 1.72. The SMILES string of the molecule is Cc1ccc(/C(F)=C(\F)C(=O)Oc2ccc(C#N)c(F)c2)cc1. The van der Waals surface area contributed by atoms with Gasteiger partial charge in [-0.15, -0.1) is 0 Å². The predicted molar refractivity (Wildman–Crippen MR) is 77.1 cm³/mol. The number of nitriles is 1. The summed E-state index contributed by atoms with van der Waals surface area (Å²) in [6, 6.07) is 10.3. The summed E-state index contributed by atoms with van der Waals surface area (Å²) < 4.78 is 45.6. The zero-order chi connectivity index (χ0) is 17.0. The minimum Gasteiger partial charge on any atom is -0.421 e. The van der Waals surface area contributed by atoms with Gasteiger partial charge in [0.2, 0.25) is 5.83 Å². The Morgan fingerprint density at radius 3 is 2.35 bits per heavy atom. The maximum Gasteiger partial charge on any atom is 0.375 e. The highest BCUT2D eigenvalue weighted by Gasteiger charge is 2.20. The average molecular weight is 317 g/mol. The van der Waals surface area contributed by atoms with Gasteiger partial charge in [0, 0.05) is 11.6 Å². The number of carbonyl (C=O) groups excluding carboxylic acids is 1. The topological polar surface area (TPSA) is 50.1 Å². The van der Waals surface area contributed by atoms with Crippen molar-refractivity contribution < 1.29 is 22.7 Å². The highest BCUT2D eigenvalue weighted by Crippen LogP contribution is 2.24. The molecule has 0 aliphatic heterocycles. The summed E-state index contributed by atoms with van der Waals surface area (Å²) in [7, 11) is 0. The minimum atomic E-state index is -1.72. The number of aryl methyl sites for hydroxylation is 1. The Balaban J connectivity index is 2.22. The van der Waals surface area contributed by atoms with Crippen LogP contribution in [0.5, 0.6) is 5.75 Å². The Morgan fingerprint density at radius 1 is 1.13 bits per heavy atom. The molecule has 6 heteroatoms. The van der Waals surface area contributed by atoms with Gasteiger partial charge in [0.05, 0.1) is 5.56 Å². The molecule has 2 rings (SSSR count). The maximum atomic E-state index is 13.9. The number of carbonyl (C=O) groups is 1. The van der Waals surface area contributed by atoms with E-state index in [4.69, 9.17) is 5.26 Å². The molecule has 0 saturated heterocycles. The van der Waals surface area contributed by atoms with E-state index in [9.17, 15) is 18.0 Å². The van der Waals surface area contributed by atoms with Gasteiger partial charge in [-0.3, -0.25) is 0 Å². The predicted octanol–water partition coefficient (Wildman–Crippen LogP) is 4.22. The van der Waals surface area contributed by atoms with Crippen LogP contribution in [0.2, 0.25) is 0 Å². The molecule has 116 valence electrons. The smallest absolute Gasteiger partial charge is 0.375 e. The molecule has 0 atom stereocenters. The highest BCUT2D eigenvalue weighted by atomic mass is 19.2. The van der Waals surface area contributed by atoms with Gasteiger partial charge < -0.3 is 4.74 Å². The number of benzene rings is 2. The molecular formula is C17H10F3NO2. The minimum absolute atomic E-state index is 0.115. The summed E-state index contributed by atoms with van der Waals surface area (Å²) in [5.41, 5.74) is 0.473. The van der Waals surface area contributed by atoms with Gasteiger partial charge in [0.15, 0.2) is 5.83 Å². The summed E-state index contributed by atoms with van der Waals surface area (Å²) in [4.78, 5) is 11.6. The van der Waals surface area contributed by atoms with E-state index in [-0.39, 0.29) is 16.9 Å². The molecule has 2 aromatic carbocycles. The third-order valence-corrected chi connectivity index (χ3v) is 2.95. The first-order valence-electron chi connectivity index (χ1n) is 6.46. The number of hydrogen-bond donors (Lipinski definition) is 0. The van der Waals surface area contributed by atoms with Crippen molar-refractivity contribution in [2.45, 2.75) is 6.92 Å². The average Bonchev–Trinajstić information content (AvgIpc) is 2.54. The van der Waals surface area contributed by atoms with E-state index < -0.39 is 23.4 Å². The Kier molecular flexibility index (Phi) is 4.82. The van der Waals surface area contributed by atoms with Crippen LogP contribution in [0.25, 0.3) is 5.83 Å². The van der Waals surface area contributed by atoms with Gasteiger partial charge in [0.25, 0.3) is 0 Å². The maximum absolute atomic E-state index is 13.9. The highest BCUT2D eigenvalue weighted by molar-refractivity contribution is 5.94. The molecule has 23 heavy (non-hydrogen) atoms. The van der Waals surface area contributed by atoms with Gasteiger partial charge in [-0.05, 0) is 19.1 Å². The van der Waals surface area contributed by atoms with Gasteiger partial charge in [-0.2, -0.15) is 9.65 Å². The monoisotopic (exact) mass is 317 g/mol. The van der Waals surface area contributed by atoms with Crippen molar-refractivity contribution >= 4 is 11.8 Å². The third kappa shape index (κ3) is 3.77. The lowest BCUT2D eigenvalue weighted by Gasteiger charge is -2.05. The molecule has 0 radical (unpaired) electrons. The van der Waals surface area contributed by atoms with E-state index in [2.05, 4.69) is 4.74 Å². The molecule has 0 aliphatic rings. The number of esters is 1. The van der Waals surface area contributed by atoms with Crippen molar-refractivity contribution in [1.29, 1.82) is 5.26 Å². The first-order chi connectivity index (χ1) is 10.9. The van der Waals surface area contributed by atoms with E-state index in [0.717, 1.165) is 23.8 Å². The number of hydrogen-bond acceptors (Lipinski definition) is 3. The normalized spacial score (nSPS) is 11.4. The molecule has 0 aromatic heterocycles. The van der Waals surface area contributed by atoms with E-state index >= 15 is 0 Å². The number of halogens is 3. The summed E-state index contributed by atoms with van der Waals surface area (Å²) in [5, 5.41) is 8.58. The Hall–Kier alpha value is -3.07. The lowest BCUT2D eigenvalue weighted by molar-refractivity contribution is -0.131. The molecule has 0 fully saturated rings. The van der Waals surface area contributed by atoms with Crippen LogP contribution < -0.4 is 4.74 Å². The largest absolute Gasteiger partial charge is 0.421 e. The van der Waals surface area contributed by atoms with Crippen LogP contribution in [0, 0.1) is 24.1 Å². The molecular weight excluding hydrogens is 307 g/mol. The van der Waals surface area contributed by atoms with E-state index in [1.165, 1.54) is 12.1 Å². The second kappa shape index (κ2) is 6.79. The molecule has 0 aliphatic carbocycles. The lowest BCUT2D eigenvalue weighted by Crippen LogP contribution is -2.10. The van der Waals surface area contributed by atoms with Crippen molar-refractivity contribution in [2.75, 3.05) is 0 Å². The van der Waals surface area contributed by atoms with Crippen LogP contribution in [0.3, 0.4) is 0 Å². The molecule has 0 unspecified atom stereocenters. The molecule has 0 amide bonds. The van der Waals surface area contributed by atoms with Crippen LogP contribution in [0.15, 0.2) is 48.3 Å². The quantitative estimate of drug-likeness (QED) is 0.484. The van der Waals surface area contributed by atoms with E-state index in [0.29, 0.717) is 0 Å². The second-order valence-electron chi connectivity index (χ2n) is 4.64. The van der Waals surface area contributed by atoms with Crippen molar-refractivity contribution in [3.05, 3.63) is 70.8 Å². The van der Waals surface area contributed by atoms with Crippen molar-refractivity contribution in [2.24, 2.45) is 0 Å². The standard InChI is InChI=1S/C17H10F3NO2/c1-10-2-4-11(5-3-10)15(19)16(20)17(22)23-13-7-6-12(9-21)14(18)8-13/h2-8H,1H3/b16-15+. The van der Waals surface area contributed by atoms with Crippen LogP contribution in [0.4, 0.5) is 13.2 Å². The summed E-state index contributed by atoms with van der Waals surface area (Å²) in [6.45, 7) is 1.77. The van der Waals surface area contributed by atoms with Crippen LogP contribution >= 0.6 is 0 Å². The Bertz CT molecular complexity index is 821. The van der Waals surface area contributed by atoms with Crippen LogP contribution in [-0.4, -0.2) is 5.97 Å². The van der Waals surface area contributed by atoms with Crippen molar-refractivity contribution in [3.8, 4) is 11.8 Å². The van der Waals surface area contributed by atoms with Crippen molar-refractivity contribution in [1.82, 2.24) is 0 Å². The van der Waals surface area contributed by atoms with Crippen molar-refractivity contribution in [3.63, 3.8) is 0 Å². The molecule has 3 nitrogen and oxygen atoms in total. The fourth-order valence-electron chi connectivity index (χ4n) is 1.72. The Labute approximate surface area is 130 Å². The molecule has 0 spiro atoms. The lowest BCUT2D eigenvalue weighted by atomic mass is 10.1. The zero-order valence-corrected chi connectivity index (χ0v) is 11.9. The number of rotatable bonds is 3.